The van der Waals surface area contributed by atoms with E-state index in [1.807, 2.05) is 11.8 Å². The van der Waals surface area contributed by atoms with Crippen LogP contribution in [0.4, 0.5) is 10.5 Å². The highest BCUT2D eigenvalue weighted by atomic mass is 35.5. The summed E-state index contributed by atoms with van der Waals surface area (Å²) in [6, 6.07) is 4.91. The number of halogens is 1. The van der Waals surface area contributed by atoms with E-state index < -0.39 is 0 Å². The Morgan fingerprint density at radius 1 is 1.35 bits per heavy atom. The second-order valence-electron chi connectivity index (χ2n) is 7.33. The number of nitrogens with zero attached hydrogens (tertiary/aromatic N) is 1. The van der Waals surface area contributed by atoms with E-state index in [1.54, 1.807) is 18.2 Å². The summed E-state index contributed by atoms with van der Waals surface area (Å²) >= 11 is 6.15. The third-order valence-electron chi connectivity index (χ3n) is 5.28. The Bertz CT molecular complexity index is 674. The van der Waals surface area contributed by atoms with E-state index >= 15 is 0 Å². The molecule has 2 aliphatic heterocycles. The lowest BCUT2D eigenvalue weighted by atomic mass is 9.79. The largest absolute Gasteiger partial charge is 0.352 e. The van der Waals surface area contributed by atoms with E-state index in [-0.39, 0.29) is 17.4 Å². The molecule has 0 radical (unpaired) electrons. The van der Waals surface area contributed by atoms with Crippen molar-refractivity contribution < 1.29 is 9.59 Å². The molecule has 3 amide bonds. The molecule has 6 nitrogen and oxygen atoms in total. The van der Waals surface area contributed by atoms with Crippen LogP contribution in [0.3, 0.4) is 0 Å². The lowest BCUT2D eigenvalue weighted by Gasteiger charge is -2.39. The Morgan fingerprint density at radius 3 is 2.92 bits per heavy atom. The third-order valence-corrected chi connectivity index (χ3v) is 5.61. The second kappa shape index (κ2) is 8.27. The van der Waals surface area contributed by atoms with Crippen LogP contribution >= 0.6 is 11.6 Å². The Labute approximate surface area is 159 Å². The number of benzene rings is 1. The van der Waals surface area contributed by atoms with Crippen LogP contribution in [0.1, 0.15) is 43.0 Å². The van der Waals surface area contributed by atoms with Crippen LogP contribution in [0.15, 0.2) is 18.2 Å². The Balaban J connectivity index is 1.66. The second-order valence-corrected chi connectivity index (χ2v) is 7.74. The number of amides is 3. The molecule has 7 heteroatoms. The summed E-state index contributed by atoms with van der Waals surface area (Å²) in [6.45, 7) is 6.15. The van der Waals surface area contributed by atoms with Gasteiger partial charge in [0, 0.05) is 37.3 Å². The first kappa shape index (κ1) is 19.0. The van der Waals surface area contributed by atoms with Crippen molar-refractivity contribution in [3.05, 3.63) is 28.8 Å². The molecule has 2 heterocycles. The zero-order chi connectivity index (χ0) is 18.6. The van der Waals surface area contributed by atoms with Gasteiger partial charge in [-0.15, -0.1) is 0 Å². The zero-order valence-electron chi connectivity index (χ0n) is 15.2. The van der Waals surface area contributed by atoms with E-state index in [0.29, 0.717) is 22.8 Å². The van der Waals surface area contributed by atoms with Crippen molar-refractivity contribution in [2.24, 2.45) is 5.41 Å². The number of anilines is 1. The minimum absolute atomic E-state index is 0.113. The van der Waals surface area contributed by atoms with Crippen molar-refractivity contribution in [1.82, 2.24) is 15.5 Å². The van der Waals surface area contributed by atoms with Crippen LogP contribution in [0.5, 0.6) is 0 Å². The minimum Gasteiger partial charge on any atom is -0.352 e. The monoisotopic (exact) mass is 378 g/mol. The number of carbonyl (C=O) groups is 2. The molecular weight excluding hydrogens is 352 g/mol. The summed E-state index contributed by atoms with van der Waals surface area (Å²) in [5.41, 5.74) is 1.19. The summed E-state index contributed by atoms with van der Waals surface area (Å²) in [5.74, 6) is -0.220. The number of piperidine rings is 1. The number of likely N-dealkylation sites (tertiary alicyclic amines) is 1. The van der Waals surface area contributed by atoms with Crippen LogP contribution in [0.25, 0.3) is 0 Å². The maximum atomic E-state index is 12.7. The molecule has 1 unspecified atom stereocenters. The normalized spacial score (nSPS) is 22.5. The topological polar surface area (TPSA) is 73.5 Å². The molecular formula is C19H27ClN4O2. The van der Waals surface area contributed by atoms with Gasteiger partial charge in [0.25, 0.3) is 5.91 Å². The van der Waals surface area contributed by atoms with Gasteiger partial charge < -0.3 is 20.9 Å². The molecule has 2 fully saturated rings. The molecule has 3 N–H and O–H groups in total. The van der Waals surface area contributed by atoms with Gasteiger partial charge in [-0.05, 0) is 50.4 Å². The molecule has 1 atom stereocenters. The smallest absolute Gasteiger partial charge is 0.321 e. The Hall–Kier alpha value is -1.79. The highest BCUT2D eigenvalue weighted by Crippen LogP contribution is 2.35. The van der Waals surface area contributed by atoms with Crippen LogP contribution in [0, 0.1) is 5.41 Å². The standard InChI is InChI=1S/C19H27ClN4O2/c1-2-8-22-17(25)15-11-14(4-5-16(15)20)23-18(26)24-10-3-6-19(13-24)7-9-21-12-19/h4-5,11,21H,2-3,6-10,12-13H2,1H3,(H,22,25)(H,23,26). The summed E-state index contributed by atoms with van der Waals surface area (Å²) in [6.07, 6.45) is 4.18. The zero-order valence-corrected chi connectivity index (χ0v) is 16.0. The van der Waals surface area contributed by atoms with Gasteiger partial charge in [-0.3, -0.25) is 4.79 Å². The van der Waals surface area contributed by atoms with Gasteiger partial charge in [0.05, 0.1) is 10.6 Å². The van der Waals surface area contributed by atoms with E-state index in [2.05, 4.69) is 16.0 Å². The number of rotatable bonds is 4. The molecule has 0 saturated carbocycles. The van der Waals surface area contributed by atoms with Gasteiger partial charge in [0.1, 0.15) is 0 Å². The lowest BCUT2D eigenvalue weighted by molar-refractivity contribution is 0.0953. The first-order chi connectivity index (χ1) is 12.5. The van der Waals surface area contributed by atoms with E-state index in [1.165, 1.54) is 6.42 Å². The van der Waals surface area contributed by atoms with Gasteiger partial charge in [-0.1, -0.05) is 18.5 Å². The molecule has 0 aliphatic carbocycles. The van der Waals surface area contributed by atoms with Crippen LogP contribution < -0.4 is 16.0 Å². The third kappa shape index (κ3) is 4.30. The maximum absolute atomic E-state index is 12.7. The SMILES string of the molecule is CCCNC(=O)c1cc(NC(=O)N2CCCC3(CCNC3)C2)ccc1Cl. The van der Waals surface area contributed by atoms with E-state index in [9.17, 15) is 9.59 Å². The van der Waals surface area contributed by atoms with Crippen molar-refractivity contribution in [2.45, 2.75) is 32.6 Å². The predicted octanol–water partition coefficient (Wildman–Crippen LogP) is 3.09. The molecule has 142 valence electrons. The van der Waals surface area contributed by atoms with Gasteiger partial charge in [-0.25, -0.2) is 4.79 Å². The molecule has 2 aliphatic rings. The molecule has 1 spiro atoms. The Morgan fingerprint density at radius 2 is 2.19 bits per heavy atom. The minimum atomic E-state index is -0.220. The van der Waals surface area contributed by atoms with Crippen molar-refractivity contribution >= 4 is 29.2 Å². The highest BCUT2D eigenvalue weighted by Gasteiger charge is 2.39. The van der Waals surface area contributed by atoms with E-state index in [4.69, 9.17) is 11.6 Å². The van der Waals surface area contributed by atoms with Crippen LogP contribution in [-0.4, -0.2) is 49.6 Å². The molecule has 1 aromatic carbocycles. The van der Waals surface area contributed by atoms with Crippen LogP contribution in [-0.2, 0) is 0 Å². The maximum Gasteiger partial charge on any atom is 0.321 e. The quantitative estimate of drug-likeness (QED) is 0.753. The average molecular weight is 379 g/mol. The fourth-order valence-electron chi connectivity index (χ4n) is 3.84. The fraction of sp³-hybridized carbons (Fsp3) is 0.579. The average Bonchev–Trinajstić information content (AvgIpc) is 3.08. The van der Waals surface area contributed by atoms with Crippen LogP contribution in [0.2, 0.25) is 5.02 Å². The molecule has 0 aromatic heterocycles. The summed E-state index contributed by atoms with van der Waals surface area (Å²) in [4.78, 5) is 26.8. The van der Waals surface area contributed by atoms with Crippen molar-refractivity contribution in [1.29, 1.82) is 0 Å². The first-order valence-electron chi connectivity index (χ1n) is 9.37. The van der Waals surface area contributed by atoms with Gasteiger partial charge in [0.2, 0.25) is 0 Å². The number of hydrogen-bond acceptors (Lipinski definition) is 3. The summed E-state index contributed by atoms with van der Waals surface area (Å²) in [7, 11) is 0. The number of carbonyl (C=O) groups excluding carboxylic acids is 2. The van der Waals surface area contributed by atoms with Gasteiger partial charge >= 0.3 is 6.03 Å². The number of hydrogen-bond donors (Lipinski definition) is 3. The fourth-order valence-corrected chi connectivity index (χ4v) is 4.04. The molecule has 26 heavy (non-hydrogen) atoms. The number of nitrogens with one attached hydrogen (secondary N) is 3. The Kier molecular flexibility index (Phi) is 6.04. The molecule has 0 bridgehead atoms. The molecule has 1 aromatic rings. The number of urea groups is 1. The molecule has 3 rings (SSSR count). The lowest BCUT2D eigenvalue weighted by Crippen LogP contribution is -2.48. The highest BCUT2D eigenvalue weighted by molar-refractivity contribution is 6.34. The van der Waals surface area contributed by atoms with Crippen molar-refractivity contribution in [3.63, 3.8) is 0 Å². The van der Waals surface area contributed by atoms with Gasteiger partial charge in [0.15, 0.2) is 0 Å². The first-order valence-corrected chi connectivity index (χ1v) is 9.75. The summed E-state index contributed by atoms with van der Waals surface area (Å²) in [5, 5.41) is 9.53. The summed E-state index contributed by atoms with van der Waals surface area (Å²) < 4.78 is 0. The van der Waals surface area contributed by atoms with Gasteiger partial charge in [-0.2, -0.15) is 0 Å². The van der Waals surface area contributed by atoms with E-state index in [0.717, 1.165) is 45.4 Å². The molecule has 2 saturated heterocycles. The van der Waals surface area contributed by atoms with Crippen molar-refractivity contribution in [2.75, 3.05) is 38.0 Å². The van der Waals surface area contributed by atoms with Crippen molar-refractivity contribution in [3.8, 4) is 0 Å². The predicted molar refractivity (Wildman–Crippen MR) is 104 cm³/mol.